The quantitative estimate of drug-likeness (QED) is 0.715. The van der Waals surface area contributed by atoms with Crippen molar-refractivity contribution in [2.45, 2.75) is 13.3 Å². The van der Waals surface area contributed by atoms with Gasteiger partial charge in [-0.25, -0.2) is 9.59 Å². The second-order valence-electron chi connectivity index (χ2n) is 5.56. The van der Waals surface area contributed by atoms with Gasteiger partial charge in [0.15, 0.2) is 0 Å². The maximum Gasteiger partial charge on any atom is 0.336 e. The minimum absolute atomic E-state index is 0.0101. The average Bonchev–Trinajstić information content (AvgIpc) is 2.57. The molecule has 0 bridgehead atoms. The Balaban J connectivity index is 2.40. The van der Waals surface area contributed by atoms with Crippen LogP contribution in [0.15, 0.2) is 36.4 Å². The van der Waals surface area contributed by atoms with E-state index in [1.165, 1.54) is 12.1 Å². The fraction of sp³-hybridized carbons (Fsp3) is 0.263. The molecule has 0 saturated heterocycles. The highest BCUT2D eigenvalue weighted by Crippen LogP contribution is 2.26. The first-order valence-electron chi connectivity index (χ1n) is 7.73. The van der Waals surface area contributed by atoms with Crippen LogP contribution in [0.5, 0.6) is 5.75 Å². The lowest BCUT2D eigenvalue weighted by Gasteiger charge is -2.15. The number of hydrogen-bond donors (Lipinski definition) is 2. The van der Waals surface area contributed by atoms with E-state index in [4.69, 9.17) is 14.6 Å². The molecular formula is C19H20O6. The molecule has 0 unspecified atom stereocenters. The number of aromatic carboxylic acids is 2. The number of hydrogen-bond acceptors (Lipinski definition) is 4. The van der Waals surface area contributed by atoms with Crippen LogP contribution in [0.2, 0.25) is 0 Å². The Bertz CT molecular complexity index is 781. The van der Waals surface area contributed by atoms with Crippen LogP contribution in [0.4, 0.5) is 0 Å². The van der Waals surface area contributed by atoms with Crippen molar-refractivity contribution in [2.75, 3.05) is 20.3 Å². The summed E-state index contributed by atoms with van der Waals surface area (Å²) in [5.74, 6) is -1.66. The Morgan fingerprint density at radius 1 is 1.04 bits per heavy atom. The molecule has 0 aliphatic rings. The van der Waals surface area contributed by atoms with Gasteiger partial charge in [0.1, 0.15) is 12.4 Å². The number of rotatable bonds is 8. The number of benzene rings is 2. The van der Waals surface area contributed by atoms with Crippen LogP contribution in [0, 0.1) is 6.92 Å². The van der Waals surface area contributed by atoms with E-state index >= 15 is 0 Å². The van der Waals surface area contributed by atoms with Crippen molar-refractivity contribution in [2.24, 2.45) is 0 Å². The molecule has 0 spiro atoms. The molecule has 25 heavy (non-hydrogen) atoms. The number of carbonyl (C=O) groups is 2. The normalized spacial score (nSPS) is 10.5. The van der Waals surface area contributed by atoms with E-state index in [2.05, 4.69) is 0 Å². The monoisotopic (exact) mass is 344 g/mol. The maximum absolute atomic E-state index is 11.6. The van der Waals surface area contributed by atoms with E-state index in [-0.39, 0.29) is 11.1 Å². The van der Waals surface area contributed by atoms with Crippen molar-refractivity contribution in [3.63, 3.8) is 0 Å². The van der Waals surface area contributed by atoms with Gasteiger partial charge in [-0.15, -0.1) is 0 Å². The fourth-order valence-electron chi connectivity index (χ4n) is 2.58. The Morgan fingerprint density at radius 2 is 1.76 bits per heavy atom. The van der Waals surface area contributed by atoms with E-state index in [9.17, 15) is 14.7 Å². The summed E-state index contributed by atoms with van der Waals surface area (Å²) in [6.45, 7) is 2.54. The lowest BCUT2D eigenvalue weighted by atomic mass is 9.93. The molecule has 0 fully saturated rings. The van der Waals surface area contributed by atoms with Crippen LogP contribution in [0.3, 0.4) is 0 Å². The maximum atomic E-state index is 11.6. The molecule has 132 valence electrons. The van der Waals surface area contributed by atoms with Crippen LogP contribution in [-0.4, -0.2) is 42.5 Å². The smallest absolute Gasteiger partial charge is 0.336 e. The first-order valence-corrected chi connectivity index (χ1v) is 7.73. The summed E-state index contributed by atoms with van der Waals surface area (Å²) in [5.41, 5.74) is 1.96. The molecule has 2 N–H and O–H groups in total. The van der Waals surface area contributed by atoms with Crippen molar-refractivity contribution in [1.29, 1.82) is 0 Å². The van der Waals surface area contributed by atoms with Gasteiger partial charge in [0, 0.05) is 13.5 Å². The summed E-state index contributed by atoms with van der Waals surface area (Å²) in [6, 6.07) is 10.0. The number of ether oxygens (including phenoxy) is 2. The Morgan fingerprint density at radius 3 is 2.40 bits per heavy atom. The van der Waals surface area contributed by atoms with Crippen molar-refractivity contribution in [1.82, 2.24) is 0 Å². The second kappa shape index (κ2) is 8.30. The van der Waals surface area contributed by atoms with Gasteiger partial charge in [-0.1, -0.05) is 18.2 Å². The van der Waals surface area contributed by atoms with Crippen molar-refractivity contribution in [3.8, 4) is 5.75 Å². The van der Waals surface area contributed by atoms with Gasteiger partial charge in [-0.2, -0.15) is 0 Å². The zero-order valence-corrected chi connectivity index (χ0v) is 14.1. The molecule has 2 rings (SSSR count). The lowest BCUT2D eigenvalue weighted by Crippen LogP contribution is -2.10. The molecule has 0 aliphatic heterocycles. The van der Waals surface area contributed by atoms with Crippen molar-refractivity contribution < 1.29 is 29.3 Å². The zero-order chi connectivity index (χ0) is 18.4. The molecule has 2 aromatic carbocycles. The SMILES string of the molecule is COCCOc1ccccc1Cc1c(C)cc(C(=O)O)cc1C(=O)O. The summed E-state index contributed by atoms with van der Waals surface area (Å²) in [7, 11) is 1.59. The molecule has 6 heteroatoms. The number of aryl methyl sites for hydroxylation is 1. The molecule has 0 atom stereocenters. The largest absolute Gasteiger partial charge is 0.491 e. The third-order valence-electron chi connectivity index (χ3n) is 3.84. The molecule has 0 heterocycles. The Hall–Kier alpha value is -2.86. The Kier molecular flexibility index (Phi) is 6.14. The highest BCUT2D eigenvalue weighted by atomic mass is 16.5. The minimum Gasteiger partial charge on any atom is -0.491 e. The first-order chi connectivity index (χ1) is 11.9. The summed E-state index contributed by atoms with van der Waals surface area (Å²) in [4.78, 5) is 22.8. The lowest BCUT2D eigenvalue weighted by molar-refractivity contribution is 0.0695. The van der Waals surface area contributed by atoms with Crippen LogP contribution >= 0.6 is 0 Å². The number of para-hydroxylation sites is 1. The molecule has 0 aliphatic carbocycles. The van der Waals surface area contributed by atoms with E-state index < -0.39 is 11.9 Å². The number of methoxy groups -OCH3 is 1. The fourth-order valence-corrected chi connectivity index (χ4v) is 2.58. The molecule has 0 saturated carbocycles. The third kappa shape index (κ3) is 4.58. The minimum atomic E-state index is -1.15. The summed E-state index contributed by atoms with van der Waals surface area (Å²) in [6.07, 6.45) is 0.330. The molecule has 0 radical (unpaired) electrons. The van der Waals surface area contributed by atoms with Crippen LogP contribution < -0.4 is 4.74 Å². The predicted molar refractivity (Wildman–Crippen MR) is 91.7 cm³/mol. The van der Waals surface area contributed by atoms with Crippen molar-refractivity contribution in [3.05, 3.63) is 64.2 Å². The number of carboxylic acids is 2. The predicted octanol–water partition coefficient (Wildman–Crippen LogP) is 3.01. The molecular weight excluding hydrogens is 324 g/mol. The van der Waals surface area contributed by atoms with E-state index in [0.717, 1.165) is 5.56 Å². The van der Waals surface area contributed by atoms with Gasteiger partial charge in [0.25, 0.3) is 0 Å². The summed E-state index contributed by atoms with van der Waals surface area (Å²) >= 11 is 0. The van der Waals surface area contributed by atoms with Gasteiger partial charge in [-0.05, 0) is 41.8 Å². The molecule has 6 nitrogen and oxygen atoms in total. The molecule has 2 aromatic rings. The van der Waals surface area contributed by atoms with Gasteiger partial charge < -0.3 is 19.7 Å². The highest BCUT2D eigenvalue weighted by Gasteiger charge is 2.18. The van der Waals surface area contributed by atoms with Crippen LogP contribution in [0.1, 0.15) is 37.4 Å². The zero-order valence-electron chi connectivity index (χ0n) is 14.1. The van der Waals surface area contributed by atoms with Gasteiger partial charge >= 0.3 is 11.9 Å². The van der Waals surface area contributed by atoms with E-state index in [1.54, 1.807) is 14.0 Å². The number of carboxylic acid groups (broad SMARTS) is 2. The standard InChI is InChI=1S/C19H20O6/c1-12-9-14(18(20)21)11-16(19(22)23)15(12)10-13-5-3-4-6-17(13)25-8-7-24-2/h3-6,9,11H,7-8,10H2,1-2H3,(H,20,21)(H,22,23). The van der Waals surface area contributed by atoms with E-state index in [0.29, 0.717) is 36.5 Å². The third-order valence-corrected chi connectivity index (χ3v) is 3.84. The summed E-state index contributed by atoms with van der Waals surface area (Å²) < 4.78 is 10.7. The molecule has 0 aromatic heterocycles. The average molecular weight is 344 g/mol. The van der Waals surface area contributed by atoms with Crippen molar-refractivity contribution >= 4 is 11.9 Å². The topological polar surface area (TPSA) is 93.1 Å². The summed E-state index contributed by atoms with van der Waals surface area (Å²) in [5, 5.41) is 18.6. The first kappa shape index (κ1) is 18.5. The van der Waals surface area contributed by atoms with E-state index in [1.807, 2.05) is 24.3 Å². The van der Waals surface area contributed by atoms with Gasteiger partial charge in [0.2, 0.25) is 0 Å². The second-order valence-corrected chi connectivity index (χ2v) is 5.56. The van der Waals surface area contributed by atoms with Gasteiger partial charge in [0.05, 0.1) is 17.7 Å². The molecule has 0 amide bonds. The van der Waals surface area contributed by atoms with Crippen LogP contribution in [0.25, 0.3) is 0 Å². The van der Waals surface area contributed by atoms with Gasteiger partial charge in [-0.3, -0.25) is 0 Å². The highest BCUT2D eigenvalue weighted by molar-refractivity contribution is 5.95. The van der Waals surface area contributed by atoms with Crippen LogP contribution in [-0.2, 0) is 11.2 Å². The Labute approximate surface area is 145 Å².